The number of carbonyl (C=O) groups excluding carboxylic acids is 4. The van der Waals surface area contributed by atoms with Gasteiger partial charge >= 0.3 is 12.1 Å². The summed E-state index contributed by atoms with van der Waals surface area (Å²) in [7, 11) is 0. The molecule has 0 aliphatic heterocycles. The minimum atomic E-state index is -1.38. The van der Waals surface area contributed by atoms with Crippen LogP contribution >= 0.6 is 0 Å². The highest BCUT2D eigenvalue weighted by Gasteiger charge is 2.40. The highest BCUT2D eigenvalue weighted by atomic mass is 16.7. The number of aromatic nitrogens is 1. The van der Waals surface area contributed by atoms with Crippen LogP contribution in [0.25, 0.3) is 0 Å². The number of hydrogen-bond donors (Lipinski definition) is 4. The molecule has 5 N–H and O–H groups in total. The van der Waals surface area contributed by atoms with Crippen molar-refractivity contribution >= 4 is 41.7 Å². The van der Waals surface area contributed by atoms with E-state index < -0.39 is 30.9 Å². The number of benzene rings is 1. The number of hydrogen-bond acceptors (Lipinski definition) is 8. The van der Waals surface area contributed by atoms with Crippen LogP contribution < -0.4 is 11.1 Å². The molecule has 214 valence electrons. The molecule has 0 bridgehead atoms. The van der Waals surface area contributed by atoms with Crippen molar-refractivity contribution in [2.45, 2.75) is 59.1 Å². The number of nitrogens with two attached hydrogens (primary N) is 1. The van der Waals surface area contributed by atoms with Crippen LogP contribution in [0.15, 0.2) is 34.4 Å². The normalized spacial score (nSPS) is 14.1. The summed E-state index contributed by atoms with van der Waals surface area (Å²) in [6.45, 7) is 6.49. The molecule has 1 fully saturated rings. The molecule has 1 heterocycles. The number of aliphatic hydroxyl groups excluding tert-OH is 1. The first-order valence-corrected chi connectivity index (χ1v) is 12.8. The maximum atomic E-state index is 13.4. The first-order valence-electron chi connectivity index (χ1n) is 12.8. The monoisotopic (exact) mass is 554 g/mol. The highest BCUT2D eigenvalue weighted by molar-refractivity contribution is 6.09. The number of carbonyl (C=O) groups is 4. The van der Waals surface area contributed by atoms with Gasteiger partial charge in [-0.3, -0.25) is 9.59 Å². The zero-order chi connectivity index (χ0) is 29.4. The molecule has 1 aromatic heterocycles. The molecule has 1 aromatic carbocycles. The van der Waals surface area contributed by atoms with E-state index in [-0.39, 0.29) is 23.3 Å². The van der Waals surface area contributed by atoms with Gasteiger partial charge in [0, 0.05) is 24.3 Å². The Morgan fingerprint density at radius 1 is 1.25 bits per heavy atom. The number of aryl methyl sites for hydroxylation is 1. The minimum Gasteiger partial charge on any atom is -0.426 e. The fraction of sp³-hybridized carbons (Fsp3) is 0.407. The Kier molecular flexibility index (Phi) is 10.1. The number of ether oxygens (including phenoxy) is 2. The number of aliphatic imine (C=N–C) groups is 2. The molecule has 2 aromatic rings. The van der Waals surface area contributed by atoms with Gasteiger partial charge in [0.15, 0.2) is 5.84 Å². The van der Waals surface area contributed by atoms with E-state index in [9.17, 15) is 24.3 Å². The summed E-state index contributed by atoms with van der Waals surface area (Å²) in [6, 6.07) is 4.77. The van der Waals surface area contributed by atoms with Gasteiger partial charge in [-0.05, 0) is 63.3 Å². The number of rotatable bonds is 10. The molecule has 1 atom stereocenters. The topological polar surface area (TPSA) is 189 Å². The molecular weight excluding hydrogens is 520 g/mol. The SMILES string of the molecule is CCCNC(=O)c1ccc(C)c(N=C(N=CN)c2[nH]cc(C(=O)N(C(=O)OCOC(=O)C(C)O)C3CC3)c2C)c1. The molecule has 0 spiro atoms. The van der Waals surface area contributed by atoms with Gasteiger partial charge in [0.25, 0.3) is 11.8 Å². The van der Waals surface area contributed by atoms with Crippen molar-refractivity contribution in [1.82, 2.24) is 15.2 Å². The smallest absolute Gasteiger partial charge is 0.419 e. The summed E-state index contributed by atoms with van der Waals surface area (Å²) in [5.74, 6) is -1.63. The second-order valence-electron chi connectivity index (χ2n) is 9.25. The van der Waals surface area contributed by atoms with Crippen molar-refractivity contribution in [3.05, 3.63) is 52.3 Å². The van der Waals surface area contributed by atoms with E-state index in [2.05, 4.69) is 25.0 Å². The molecule has 3 rings (SSSR count). The lowest BCUT2D eigenvalue weighted by Crippen LogP contribution is -2.40. The van der Waals surface area contributed by atoms with E-state index >= 15 is 0 Å². The maximum absolute atomic E-state index is 13.4. The molecule has 0 saturated heterocycles. The molecule has 1 aliphatic carbocycles. The van der Waals surface area contributed by atoms with E-state index in [0.717, 1.165) is 23.2 Å². The molecule has 1 saturated carbocycles. The quantitative estimate of drug-likeness (QED) is 0.149. The molecule has 0 radical (unpaired) electrons. The average molecular weight is 555 g/mol. The molecule has 40 heavy (non-hydrogen) atoms. The third-order valence-corrected chi connectivity index (χ3v) is 6.08. The van der Waals surface area contributed by atoms with E-state index in [1.807, 2.05) is 13.8 Å². The van der Waals surface area contributed by atoms with Gasteiger partial charge in [-0.25, -0.2) is 24.5 Å². The Balaban J connectivity index is 1.87. The fourth-order valence-corrected chi connectivity index (χ4v) is 3.68. The molecule has 1 unspecified atom stereocenters. The van der Waals surface area contributed by atoms with Gasteiger partial charge in [0.2, 0.25) is 6.79 Å². The number of nitrogens with one attached hydrogen (secondary N) is 2. The van der Waals surface area contributed by atoms with Gasteiger partial charge in [-0.15, -0.1) is 0 Å². The molecular formula is C27H34N6O7. The first kappa shape index (κ1) is 30.0. The Labute approximate surface area is 231 Å². The van der Waals surface area contributed by atoms with E-state index in [0.29, 0.717) is 41.9 Å². The van der Waals surface area contributed by atoms with Crippen LogP contribution in [-0.4, -0.2) is 76.5 Å². The van der Waals surface area contributed by atoms with Crippen molar-refractivity contribution in [2.75, 3.05) is 13.3 Å². The Hall–Kier alpha value is -4.52. The van der Waals surface area contributed by atoms with Gasteiger partial charge in [0.05, 0.1) is 23.3 Å². The summed E-state index contributed by atoms with van der Waals surface area (Å²) >= 11 is 0. The van der Waals surface area contributed by atoms with Crippen molar-refractivity contribution in [2.24, 2.45) is 15.7 Å². The van der Waals surface area contributed by atoms with E-state index in [4.69, 9.17) is 10.5 Å². The second-order valence-corrected chi connectivity index (χ2v) is 9.25. The van der Waals surface area contributed by atoms with Gasteiger partial charge in [-0.2, -0.15) is 0 Å². The van der Waals surface area contributed by atoms with E-state index in [1.165, 1.54) is 13.1 Å². The number of esters is 1. The summed E-state index contributed by atoms with van der Waals surface area (Å²) in [6.07, 6.45) is 2.17. The lowest BCUT2D eigenvalue weighted by Gasteiger charge is -2.20. The minimum absolute atomic E-state index is 0.166. The van der Waals surface area contributed by atoms with Crippen LogP contribution in [0.2, 0.25) is 0 Å². The van der Waals surface area contributed by atoms with Crippen LogP contribution in [0.3, 0.4) is 0 Å². The zero-order valence-corrected chi connectivity index (χ0v) is 22.9. The summed E-state index contributed by atoms with van der Waals surface area (Å²) in [4.78, 5) is 62.7. The van der Waals surface area contributed by atoms with Gasteiger partial charge < -0.3 is 30.6 Å². The third kappa shape index (κ3) is 7.32. The number of aromatic amines is 1. The highest BCUT2D eigenvalue weighted by Crippen LogP contribution is 2.30. The third-order valence-electron chi connectivity index (χ3n) is 6.08. The fourth-order valence-electron chi connectivity index (χ4n) is 3.68. The van der Waals surface area contributed by atoms with Gasteiger partial charge in [0.1, 0.15) is 6.10 Å². The van der Waals surface area contributed by atoms with Crippen LogP contribution in [0.1, 0.15) is 70.6 Å². The number of nitrogens with zero attached hydrogens (tertiary/aromatic N) is 3. The molecule has 1 aliphatic rings. The lowest BCUT2D eigenvalue weighted by molar-refractivity contribution is -0.161. The molecule has 13 nitrogen and oxygen atoms in total. The number of imide groups is 1. The Bertz CT molecular complexity index is 1330. The van der Waals surface area contributed by atoms with Gasteiger partial charge in [-0.1, -0.05) is 13.0 Å². The Morgan fingerprint density at radius 3 is 2.60 bits per heavy atom. The number of H-pyrrole nitrogens is 1. The summed E-state index contributed by atoms with van der Waals surface area (Å²) in [5, 5.41) is 12.0. The first-order chi connectivity index (χ1) is 19.1. The molecule has 13 heteroatoms. The Morgan fingerprint density at radius 2 is 1.98 bits per heavy atom. The van der Waals surface area contributed by atoms with Crippen LogP contribution in [0.4, 0.5) is 10.5 Å². The summed E-state index contributed by atoms with van der Waals surface area (Å²) < 4.78 is 9.61. The largest absolute Gasteiger partial charge is 0.426 e. The van der Waals surface area contributed by atoms with Crippen LogP contribution in [0, 0.1) is 13.8 Å². The molecule has 3 amide bonds. The standard InChI is InChI=1S/C27H34N6O7/c1-5-10-29-24(35)18-7-6-15(2)21(11-18)32-23(31-13-28)22-16(3)20(12-30-22)25(36)33(19-8-9-19)27(38)40-14-39-26(37)17(4)34/h6-7,11-13,17,19,30,34H,5,8-10,14H2,1-4H3,(H,29,35)(H2,28,31,32). The maximum Gasteiger partial charge on any atom is 0.419 e. The predicted molar refractivity (Wildman–Crippen MR) is 147 cm³/mol. The van der Waals surface area contributed by atoms with Crippen molar-refractivity contribution in [3.63, 3.8) is 0 Å². The van der Waals surface area contributed by atoms with Crippen LogP contribution in [0.5, 0.6) is 0 Å². The van der Waals surface area contributed by atoms with Crippen molar-refractivity contribution in [3.8, 4) is 0 Å². The number of amides is 3. The van der Waals surface area contributed by atoms with Crippen molar-refractivity contribution < 1.29 is 33.8 Å². The average Bonchev–Trinajstić information content (AvgIpc) is 3.68. The van der Waals surface area contributed by atoms with E-state index in [1.54, 1.807) is 25.1 Å². The second kappa shape index (κ2) is 13.5. The predicted octanol–water partition coefficient (Wildman–Crippen LogP) is 2.46. The zero-order valence-electron chi connectivity index (χ0n) is 22.9. The number of aliphatic hydroxyl groups is 1. The van der Waals surface area contributed by atoms with Crippen molar-refractivity contribution in [1.29, 1.82) is 0 Å². The summed E-state index contributed by atoms with van der Waals surface area (Å²) in [5.41, 5.74) is 8.34. The number of amidine groups is 1. The lowest BCUT2D eigenvalue weighted by atomic mass is 10.1. The van der Waals surface area contributed by atoms with Crippen LogP contribution in [-0.2, 0) is 14.3 Å².